The Morgan fingerprint density at radius 3 is 2.33 bits per heavy atom. The van der Waals surface area contributed by atoms with Crippen LogP contribution in [0.5, 0.6) is 0 Å². The molecule has 0 unspecified atom stereocenters. The maximum Gasteiger partial charge on any atom is 0.229 e. The van der Waals surface area contributed by atoms with Gasteiger partial charge < -0.3 is 11.1 Å². The van der Waals surface area contributed by atoms with Gasteiger partial charge in [0.25, 0.3) is 0 Å². The van der Waals surface area contributed by atoms with Gasteiger partial charge in [0.05, 0.1) is 5.69 Å². The van der Waals surface area contributed by atoms with Gasteiger partial charge in [-0.25, -0.2) is 4.98 Å². The molecule has 6 heteroatoms. The number of nitrogen functional groups attached to an aromatic ring is 1. The predicted molar refractivity (Wildman–Crippen MR) is 100 cm³/mol. The molecule has 3 aromatic rings. The fraction of sp³-hybridized carbons (Fsp3) is 0.111. The predicted octanol–water partition coefficient (Wildman–Crippen LogP) is 5.01. The van der Waals surface area contributed by atoms with Crippen molar-refractivity contribution in [2.24, 2.45) is 0 Å². The number of hydrogen-bond acceptors (Lipinski definition) is 4. The van der Waals surface area contributed by atoms with E-state index < -0.39 is 0 Å². The lowest BCUT2D eigenvalue weighted by Crippen LogP contribution is -2.04. The average Bonchev–Trinajstić information content (AvgIpc) is 2.53. The van der Waals surface area contributed by atoms with Gasteiger partial charge in [-0.3, -0.25) is 0 Å². The van der Waals surface area contributed by atoms with Crippen LogP contribution in [-0.2, 0) is 6.42 Å². The van der Waals surface area contributed by atoms with Crippen LogP contribution in [0.4, 0.5) is 17.5 Å². The van der Waals surface area contributed by atoms with Crippen molar-refractivity contribution in [2.75, 3.05) is 11.1 Å². The number of hydrogen-bond donors (Lipinski definition) is 2. The van der Waals surface area contributed by atoms with E-state index in [-0.39, 0.29) is 0 Å². The molecule has 0 saturated heterocycles. The van der Waals surface area contributed by atoms with Crippen LogP contribution in [0.3, 0.4) is 0 Å². The van der Waals surface area contributed by atoms with Gasteiger partial charge in [0.2, 0.25) is 5.95 Å². The Bertz CT molecular complexity index is 843. The molecule has 2 aromatic carbocycles. The SMILES string of the molecule is Cc1ccc(Nc2nc(N)cc(Cc3c(Cl)cccc3Cl)n2)cc1. The highest BCUT2D eigenvalue weighted by Gasteiger charge is 2.10. The zero-order valence-corrected chi connectivity index (χ0v) is 14.6. The molecule has 0 amide bonds. The molecule has 3 rings (SSSR count). The lowest BCUT2D eigenvalue weighted by Gasteiger charge is -2.10. The van der Waals surface area contributed by atoms with Crippen LogP contribution in [0, 0.1) is 6.92 Å². The van der Waals surface area contributed by atoms with Crippen LogP contribution < -0.4 is 11.1 Å². The van der Waals surface area contributed by atoms with E-state index in [2.05, 4.69) is 15.3 Å². The Labute approximate surface area is 150 Å². The van der Waals surface area contributed by atoms with E-state index in [9.17, 15) is 0 Å². The zero-order chi connectivity index (χ0) is 17.1. The van der Waals surface area contributed by atoms with Crippen LogP contribution in [0.15, 0.2) is 48.5 Å². The molecule has 0 aliphatic carbocycles. The van der Waals surface area contributed by atoms with Crippen molar-refractivity contribution in [3.05, 3.63) is 75.4 Å². The van der Waals surface area contributed by atoms with E-state index in [4.69, 9.17) is 28.9 Å². The molecule has 0 aliphatic heterocycles. The molecular weight excluding hydrogens is 343 g/mol. The Morgan fingerprint density at radius 2 is 1.67 bits per heavy atom. The Balaban J connectivity index is 1.87. The van der Waals surface area contributed by atoms with Gasteiger partial charge in [-0.15, -0.1) is 0 Å². The van der Waals surface area contributed by atoms with Gasteiger partial charge in [-0.2, -0.15) is 4.98 Å². The van der Waals surface area contributed by atoms with Crippen molar-refractivity contribution in [1.82, 2.24) is 9.97 Å². The summed E-state index contributed by atoms with van der Waals surface area (Å²) in [6, 6.07) is 15.1. The third-order valence-corrected chi connectivity index (χ3v) is 4.23. The molecule has 122 valence electrons. The number of benzene rings is 2. The summed E-state index contributed by atoms with van der Waals surface area (Å²) in [5.41, 5.74) is 9.55. The van der Waals surface area contributed by atoms with Crippen LogP contribution in [-0.4, -0.2) is 9.97 Å². The molecule has 0 radical (unpaired) electrons. The first-order valence-corrected chi connectivity index (χ1v) is 8.17. The van der Waals surface area contributed by atoms with Crippen molar-refractivity contribution in [1.29, 1.82) is 0 Å². The number of halogens is 2. The number of nitrogens with one attached hydrogen (secondary N) is 1. The highest BCUT2D eigenvalue weighted by molar-refractivity contribution is 6.36. The summed E-state index contributed by atoms with van der Waals surface area (Å²) < 4.78 is 0. The van der Waals surface area contributed by atoms with E-state index in [0.717, 1.165) is 16.9 Å². The Kier molecular flexibility index (Phi) is 4.88. The van der Waals surface area contributed by atoms with E-state index in [1.807, 2.05) is 37.3 Å². The lowest BCUT2D eigenvalue weighted by molar-refractivity contribution is 1.04. The quantitative estimate of drug-likeness (QED) is 0.687. The van der Waals surface area contributed by atoms with Crippen molar-refractivity contribution in [3.8, 4) is 0 Å². The molecule has 24 heavy (non-hydrogen) atoms. The monoisotopic (exact) mass is 358 g/mol. The molecule has 0 spiro atoms. The summed E-state index contributed by atoms with van der Waals surface area (Å²) in [5.74, 6) is 0.829. The highest BCUT2D eigenvalue weighted by Crippen LogP contribution is 2.27. The first-order chi connectivity index (χ1) is 11.5. The molecule has 0 atom stereocenters. The van der Waals surface area contributed by atoms with Gasteiger partial charge in [-0.05, 0) is 36.8 Å². The van der Waals surface area contributed by atoms with Gasteiger partial charge in [0.1, 0.15) is 5.82 Å². The normalized spacial score (nSPS) is 10.6. The van der Waals surface area contributed by atoms with E-state index in [1.165, 1.54) is 5.56 Å². The number of nitrogens with two attached hydrogens (primary N) is 1. The fourth-order valence-electron chi connectivity index (χ4n) is 2.31. The van der Waals surface area contributed by atoms with Gasteiger partial charge in [0, 0.05) is 28.2 Å². The maximum absolute atomic E-state index is 6.23. The molecule has 0 fully saturated rings. The second-order valence-electron chi connectivity index (χ2n) is 5.48. The molecule has 0 aliphatic rings. The van der Waals surface area contributed by atoms with Gasteiger partial charge >= 0.3 is 0 Å². The van der Waals surface area contributed by atoms with Crippen molar-refractivity contribution in [2.45, 2.75) is 13.3 Å². The summed E-state index contributed by atoms with van der Waals surface area (Å²) >= 11 is 12.5. The maximum atomic E-state index is 6.23. The van der Waals surface area contributed by atoms with Crippen LogP contribution in [0.25, 0.3) is 0 Å². The first kappa shape index (κ1) is 16.6. The number of rotatable bonds is 4. The Morgan fingerprint density at radius 1 is 1.00 bits per heavy atom. The smallest absolute Gasteiger partial charge is 0.229 e. The minimum atomic E-state index is 0.387. The minimum Gasteiger partial charge on any atom is -0.384 e. The third kappa shape index (κ3) is 3.96. The molecule has 1 aromatic heterocycles. The van der Waals surface area contributed by atoms with Crippen molar-refractivity contribution >= 4 is 40.7 Å². The molecule has 4 nitrogen and oxygen atoms in total. The zero-order valence-electron chi connectivity index (χ0n) is 13.1. The summed E-state index contributed by atoms with van der Waals surface area (Å²) in [5, 5.41) is 4.37. The van der Waals surface area contributed by atoms with Crippen LogP contribution in [0.1, 0.15) is 16.8 Å². The topological polar surface area (TPSA) is 63.8 Å². The van der Waals surface area contributed by atoms with E-state index >= 15 is 0 Å². The average molecular weight is 359 g/mol. The minimum absolute atomic E-state index is 0.387. The first-order valence-electron chi connectivity index (χ1n) is 7.41. The van der Waals surface area contributed by atoms with Crippen molar-refractivity contribution < 1.29 is 0 Å². The van der Waals surface area contributed by atoms with Crippen molar-refractivity contribution in [3.63, 3.8) is 0 Å². The molecule has 0 saturated carbocycles. The van der Waals surface area contributed by atoms with Crippen LogP contribution >= 0.6 is 23.2 Å². The lowest BCUT2D eigenvalue weighted by atomic mass is 10.1. The Hall–Kier alpha value is -2.30. The fourth-order valence-corrected chi connectivity index (χ4v) is 2.84. The number of aryl methyl sites for hydroxylation is 1. The van der Waals surface area contributed by atoms with Crippen LogP contribution in [0.2, 0.25) is 10.0 Å². The second-order valence-corrected chi connectivity index (χ2v) is 6.29. The molecular formula is C18H16Cl2N4. The van der Waals surface area contributed by atoms with E-state index in [0.29, 0.717) is 28.2 Å². The third-order valence-electron chi connectivity index (χ3n) is 3.53. The van der Waals surface area contributed by atoms with Gasteiger partial charge in [-0.1, -0.05) is 47.0 Å². The van der Waals surface area contributed by atoms with Gasteiger partial charge in [0.15, 0.2) is 0 Å². The number of nitrogens with zero attached hydrogens (tertiary/aromatic N) is 2. The largest absolute Gasteiger partial charge is 0.384 e. The summed E-state index contributed by atoms with van der Waals surface area (Å²) in [6.45, 7) is 2.03. The number of anilines is 3. The molecule has 3 N–H and O–H groups in total. The molecule has 1 heterocycles. The van der Waals surface area contributed by atoms with E-state index in [1.54, 1.807) is 18.2 Å². The standard InChI is InChI=1S/C18H16Cl2N4/c1-11-5-7-12(8-6-11)22-18-23-13(10-17(21)24-18)9-14-15(19)3-2-4-16(14)20/h2-8,10H,9H2,1H3,(H3,21,22,23,24). The highest BCUT2D eigenvalue weighted by atomic mass is 35.5. The molecule has 0 bridgehead atoms. The summed E-state index contributed by atoms with van der Waals surface area (Å²) in [4.78, 5) is 8.74. The second kappa shape index (κ2) is 7.07. The number of aromatic nitrogens is 2. The summed E-state index contributed by atoms with van der Waals surface area (Å²) in [6.07, 6.45) is 0.480. The summed E-state index contributed by atoms with van der Waals surface area (Å²) in [7, 11) is 0.